The monoisotopic (exact) mass is 157 g/mol. The summed E-state index contributed by atoms with van der Waals surface area (Å²) in [5.41, 5.74) is 0.295. The fourth-order valence-corrected chi connectivity index (χ4v) is 1.90. The molecule has 0 aromatic heterocycles. The molecule has 2 nitrogen and oxygen atoms in total. The van der Waals surface area contributed by atoms with Crippen LogP contribution in [0.15, 0.2) is 0 Å². The zero-order valence-electron chi connectivity index (χ0n) is 7.56. The quantitative estimate of drug-likeness (QED) is 0.644. The van der Waals surface area contributed by atoms with Crippen LogP contribution in [0.2, 0.25) is 0 Å². The van der Waals surface area contributed by atoms with E-state index < -0.39 is 0 Å². The third-order valence-corrected chi connectivity index (χ3v) is 2.50. The number of hydrogen-bond acceptors (Lipinski definition) is 2. The first-order valence-electron chi connectivity index (χ1n) is 4.57. The van der Waals surface area contributed by atoms with Gasteiger partial charge in [-0.15, -0.1) is 0 Å². The molecule has 1 aliphatic rings. The van der Waals surface area contributed by atoms with Crippen LogP contribution in [0.3, 0.4) is 0 Å². The SMILES string of the molecule is CC(C)NC1(CCO)CCC1. The zero-order valence-corrected chi connectivity index (χ0v) is 7.56. The molecule has 0 aliphatic heterocycles. The van der Waals surface area contributed by atoms with Gasteiger partial charge >= 0.3 is 0 Å². The van der Waals surface area contributed by atoms with Crippen LogP contribution in [0.5, 0.6) is 0 Å². The fourth-order valence-electron chi connectivity index (χ4n) is 1.90. The molecule has 0 spiro atoms. The molecule has 0 amide bonds. The largest absolute Gasteiger partial charge is 0.396 e. The van der Waals surface area contributed by atoms with Gasteiger partial charge in [0.05, 0.1) is 0 Å². The van der Waals surface area contributed by atoms with Gasteiger partial charge in [-0.05, 0) is 25.7 Å². The lowest BCUT2D eigenvalue weighted by Crippen LogP contribution is -2.54. The minimum absolute atomic E-state index is 0.295. The highest BCUT2D eigenvalue weighted by Gasteiger charge is 2.36. The third kappa shape index (κ3) is 2.17. The molecular formula is C9H19NO. The van der Waals surface area contributed by atoms with Crippen LogP contribution < -0.4 is 5.32 Å². The average Bonchev–Trinajstić information content (AvgIpc) is 1.82. The van der Waals surface area contributed by atoms with Crippen molar-refractivity contribution >= 4 is 0 Å². The van der Waals surface area contributed by atoms with Crippen molar-refractivity contribution < 1.29 is 5.11 Å². The Hall–Kier alpha value is -0.0800. The van der Waals surface area contributed by atoms with Crippen molar-refractivity contribution in [2.45, 2.75) is 51.1 Å². The Kier molecular flexibility index (Phi) is 2.90. The highest BCUT2D eigenvalue weighted by Crippen LogP contribution is 2.34. The second-order valence-electron chi connectivity index (χ2n) is 3.91. The average molecular weight is 157 g/mol. The number of nitrogens with one attached hydrogen (secondary N) is 1. The van der Waals surface area contributed by atoms with Gasteiger partial charge in [-0.2, -0.15) is 0 Å². The molecule has 1 aliphatic carbocycles. The van der Waals surface area contributed by atoms with Gasteiger partial charge in [-0.25, -0.2) is 0 Å². The number of hydrogen-bond donors (Lipinski definition) is 2. The van der Waals surface area contributed by atoms with E-state index in [9.17, 15) is 0 Å². The summed E-state index contributed by atoms with van der Waals surface area (Å²) in [4.78, 5) is 0. The molecule has 1 fully saturated rings. The molecule has 0 aromatic carbocycles. The summed E-state index contributed by atoms with van der Waals surface area (Å²) >= 11 is 0. The predicted molar refractivity (Wildman–Crippen MR) is 46.6 cm³/mol. The van der Waals surface area contributed by atoms with Crippen LogP contribution in [-0.2, 0) is 0 Å². The summed E-state index contributed by atoms with van der Waals surface area (Å²) < 4.78 is 0. The van der Waals surface area contributed by atoms with E-state index in [-0.39, 0.29) is 0 Å². The van der Waals surface area contributed by atoms with E-state index in [1.165, 1.54) is 19.3 Å². The van der Waals surface area contributed by atoms with Crippen LogP contribution in [0.25, 0.3) is 0 Å². The van der Waals surface area contributed by atoms with E-state index >= 15 is 0 Å². The molecule has 2 N–H and O–H groups in total. The van der Waals surface area contributed by atoms with Gasteiger partial charge in [-0.3, -0.25) is 0 Å². The smallest absolute Gasteiger partial charge is 0.0448 e. The molecule has 1 rings (SSSR count). The third-order valence-electron chi connectivity index (χ3n) is 2.50. The standard InChI is InChI=1S/C9H19NO/c1-8(2)10-9(6-7-11)4-3-5-9/h8,10-11H,3-7H2,1-2H3. The molecule has 0 radical (unpaired) electrons. The molecule has 0 atom stereocenters. The van der Waals surface area contributed by atoms with Crippen LogP contribution in [0.1, 0.15) is 39.5 Å². The fraction of sp³-hybridized carbons (Fsp3) is 1.00. The molecule has 0 saturated heterocycles. The van der Waals surface area contributed by atoms with Crippen molar-refractivity contribution in [3.05, 3.63) is 0 Å². The topological polar surface area (TPSA) is 32.3 Å². The molecule has 0 heterocycles. The highest BCUT2D eigenvalue weighted by molar-refractivity contribution is 4.96. The Morgan fingerprint density at radius 1 is 1.45 bits per heavy atom. The van der Waals surface area contributed by atoms with Crippen molar-refractivity contribution in [2.75, 3.05) is 6.61 Å². The molecule has 66 valence electrons. The minimum atomic E-state index is 0.295. The second-order valence-corrected chi connectivity index (χ2v) is 3.91. The number of aliphatic hydroxyl groups excluding tert-OH is 1. The van der Waals surface area contributed by atoms with Crippen molar-refractivity contribution in [3.8, 4) is 0 Å². The Morgan fingerprint density at radius 2 is 2.09 bits per heavy atom. The maximum Gasteiger partial charge on any atom is 0.0448 e. The lowest BCUT2D eigenvalue weighted by Gasteiger charge is -2.44. The summed E-state index contributed by atoms with van der Waals surface area (Å²) in [5.74, 6) is 0. The van der Waals surface area contributed by atoms with E-state index in [0.29, 0.717) is 18.2 Å². The first kappa shape index (κ1) is 9.01. The van der Waals surface area contributed by atoms with Gasteiger partial charge in [-0.1, -0.05) is 13.8 Å². The summed E-state index contributed by atoms with van der Waals surface area (Å²) in [6.07, 6.45) is 4.72. The maximum atomic E-state index is 8.84. The van der Waals surface area contributed by atoms with Gasteiger partial charge in [0.2, 0.25) is 0 Å². The number of aliphatic hydroxyl groups is 1. The molecular weight excluding hydrogens is 138 g/mol. The second kappa shape index (κ2) is 3.55. The van der Waals surface area contributed by atoms with Gasteiger partial charge in [0, 0.05) is 18.2 Å². The van der Waals surface area contributed by atoms with Crippen molar-refractivity contribution in [1.29, 1.82) is 0 Å². The summed E-state index contributed by atoms with van der Waals surface area (Å²) in [7, 11) is 0. The summed E-state index contributed by atoms with van der Waals surface area (Å²) in [6.45, 7) is 4.65. The van der Waals surface area contributed by atoms with Crippen LogP contribution in [-0.4, -0.2) is 23.3 Å². The van der Waals surface area contributed by atoms with Gasteiger partial charge in [0.15, 0.2) is 0 Å². The van der Waals surface area contributed by atoms with Crippen LogP contribution in [0, 0.1) is 0 Å². The van der Waals surface area contributed by atoms with E-state index in [1.807, 2.05) is 0 Å². The minimum Gasteiger partial charge on any atom is -0.396 e. The van der Waals surface area contributed by atoms with Crippen molar-refractivity contribution in [3.63, 3.8) is 0 Å². The highest BCUT2D eigenvalue weighted by atomic mass is 16.3. The Balaban J connectivity index is 2.33. The Labute approximate surface area is 69.0 Å². The van der Waals surface area contributed by atoms with Gasteiger partial charge < -0.3 is 10.4 Å². The van der Waals surface area contributed by atoms with E-state index in [2.05, 4.69) is 19.2 Å². The molecule has 0 aromatic rings. The van der Waals surface area contributed by atoms with Crippen molar-refractivity contribution in [1.82, 2.24) is 5.32 Å². The van der Waals surface area contributed by atoms with E-state index in [1.54, 1.807) is 0 Å². The normalized spacial score (nSPS) is 21.8. The number of rotatable bonds is 4. The lowest BCUT2D eigenvalue weighted by molar-refractivity contribution is 0.122. The van der Waals surface area contributed by atoms with Gasteiger partial charge in [0.1, 0.15) is 0 Å². The summed E-state index contributed by atoms with van der Waals surface area (Å²) in [5, 5.41) is 12.4. The lowest BCUT2D eigenvalue weighted by atomic mass is 9.74. The molecule has 0 bridgehead atoms. The van der Waals surface area contributed by atoms with Crippen LogP contribution in [0.4, 0.5) is 0 Å². The molecule has 0 unspecified atom stereocenters. The summed E-state index contributed by atoms with van der Waals surface area (Å²) in [6, 6.07) is 0.543. The van der Waals surface area contributed by atoms with Crippen LogP contribution >= 0.6 is 0 Å². The van der Waals surface area contributed by atoms with E-state index in [4.69, 9.17) is 5.11 Å². The Bertz CT molecular complexity index is 119. The van der Waals surface area contributed by atoms with E-state index in [0.717, 1.165) is 6.42 Å². The maximum absolute atomic E-state index is 8.84. The molecule has 11 heavy (non-hydrogen) atoms. The molecule has 1 saturated carbocycles. The first-order valence-corrected chi connectivity index (χ1v) is 4.57. The zero-order chi connectivity index (χ0) is 8.32. The van der Waals surface area contributed by atoms with Crippen molar-refractivity contribution in [2.24, 2.45) is 0 Å². The first-order chi connectivity index (χ1) is 5.18. The predicted octanol–water partition coefficient (Wildman–Crippen LogP) is 1.29. The molecule has 2 heteroatoms. The van der Waals surface area contributed by atoms with Gasteiger partial charge in [0.25, 0.3) is 0 Å². The Morgan fingerprint density at radius 3 is 2.36 bits per heavy atom.